The minimum absolute atomic E-state index is 0.123. The van der Waals surface area contributed by atoms with Crippen LogP contribution in [0.3, 0.4) is 0 Å². The van der Waals surface area contributed by atoms with Gasteiger partial charge in [-0.05, 0) is 45.0 Å². The first-order chi connectivity index (χ1) is 12.4. The summed E-state index contributed by atoms with van der Waals surface area (Å²) in [4.78, 5) is 26.6. The Morgan fingerprint density at radius 3 is 1.52 bits per heavy atom. The first kappa shape index (κ1) is 22.1. The third-order valence-corrected chi connectivity index (χ3v) is 2.68. The summed E-state index contributed by atoms with van der Waals surface area (Å²) in [5.41, 5.74) is 1.04. The number of halogens is 4. The molecule has 9 heteroatoms. The molecule has 0 atom stereocenters. The summed E-state index contributed by atoms with van der Waals surface area (Å²) in [6.07, 6.45) is 0. The van der Waals surface area contributed by atoms with E-state index in [1.54, 1.807) is 20.8 Å². The first-order valence-corrected chi connectivity index (χ1v) is 7.51. The van der Waals surface area contributed by atoms with Crippen molar-refractivity contribution >= 4 is 11.9 Å². The van der Waals surface area contributed by atoms with E-state index in [-0.39, 0.29) is 11.1 Å². The molecule has 27 heavy (non-hydrogen) atoms. The number of hydrogen-bond donors (Lipinski definition) is 2. The summed E-state index contributed by atoms with van der Waals surface area (Å²) in [6, 6.07) is 4.69. The summed E-state index contributed by atoms with van der Waals surface area (Å²) < 4.78 is 50.2. The first-order valence-electron chi connectivity index (χ1n) is 7.51. The second-order valence-corrected chi connectivity index (χ2v) is 6.27. The van der Waals surface area contributed by atoms with Crippen molar-refractivity contribution < 1.29 is 37.1 Å². The Bertz CT molecular complexity index is 794. The Hall–Kier alpha value is -2.94. The number of nitrogens with one attached hydrogen (secondary N) is 1. The maximum atomic E-state index is 12.8. The van der Waals surface area contributed by atoms with E-state index in [0.29, 0.717) is 12.1 Å². The topological polar surface area (TPSA) is 75.6 Å². The molecule has 0 aliphatic rings. The summed E-state index contributed by atoms with van der Waals surface area (Å²) in [7, 11) is 0. The molecular formula is C18H17F4NO4. The van der Waals surface area contributed by atoms with E-state index >= 15 is 0 Å². The molecule has 2 rings (SSSR count). The van der Waals surface area contributed by atoms with E-state index in [0.717, 1.165) is 24.3 Å². The molecule has 0 saturated carbocycles. The smallest absolute Gasteiger partial charge is 0.335 e. The predicted octanol–water partition coefficient (Wildman–Crippen LogP) is 4.09. The van der Waals surface area contributed by atoms with Gasteiger partial charge in [0.1, 0.15) is 23.3 Å². The number of carboxylic acid groups (broad SMARTS) is 1. The highest BCUT2D eigenvalue weighted by Crippen LogP contribution is 2.09. The molecule has 0 aliphatic heterocycles. The Labute approximate surface area is 152 Å². The second-order valence-electron chi connectivity index (χ2n) is 6.27. The van der Waals surface area contributed by atoms with Gasteiger partial charge in [0.25, 0.3) is 5.91 Å². The normalized spacial score (nSPS) is 10.6. The van der Waals surface area contributed by atoms with E-state index in [2.05, 4.69) is 5.48 Å². The Morgan fingerprint density at radius 1 is 0.815 bits per heavy atom. The zero-order chi connectivity index (χ0) is 20.8. The highest BCUT2D eigenvalue weighted by atomic mass is 19.1. The van der Waals surface area contributed by atoms with Gasteiger partial charge in [-0.1, -0.05) is 0 Å². The quantitative estimate of drug-likeness (QED) is 0.615. The fourth-order valence-electron chi connectivity index (χ4n) is 1.62. The van der Waals surface area contributed by atoms with Gasteiger partial charge >= 0.3 is 5.97 Å². The molecule has 0 unspecified atom stereocenters. The number of hydrogen-bond acceptors (Lipinski definition) is 3. The van der Waals surface area contributed by atoms with Gasteiger partial charge in [-0.2, -0.15) is 0 Å². The number of carbonyl (C=O) groups is 2. The lowest BCUT2D eigenvalue weighted by Gasteiger charge is -2.18. The summed E-state index contributed by atoms with van der Waals surface area (Å²) in [5.74, 6) is -5.41. The largest absolute Gasteiger partial charge is 0.478 e. The Balaban J connectivity index is 0.000000289. The van der Waals surface area contributed by atoms with Crippen molar-refractivity contribution in [3.63, 3.8) is 0 Å². The standard InChI is InChI=1S/C11H13F2NO2.C7H4F2O2/c1-11(2,3)16-14-10(15)7-4-8(12)6-9(13)5-7;8-5-1-4(7(10)11)2-6(9)3-5/h4-6H,1-3H3,(H,14,15);1-3H,(H,10,11). The number of amides is 1. The van der Waals surface area contributed by atoms with Crippen molar-refractivity contribution in [2.75, 3.05) is 0 Å². The average Bonchev–Trinajstić information content (AvgIpc) is 2.50. The molecule has 2 N–H and O–H groups in total. The lowest BCUT2D eigenvalue weighted by molar-refractivity contribution is -0.0589. The van der Waals surface area contributed by atoms with Crippen LogP contribution in [0.25, 0.3) is 0 Å². The van der Waals surface area contributed by atoms with Gasteiger partial charge in [0.2, 0.25) is 0 Å². The molecule has 0 radical (unpaired) electrons. The molecule has 2 aromatic carbocycles. The van der Waals surface area contributed by atoms with Crippen LogP contribution in [-0.4, -0.2) is 22.6 Å². The van der Waals surface area contributed by atoms with Gasteiger partial charge in [-0.15, -0.1) is 0 Å². The highest BCUT2D eigenvalue weighted by Gasteiger charge is 2.15. The van der Waals surface area contributed by atoms with Gasteiger partial charge in [0, 0.05) is 17.7 Å². The third-order valence-electron chi connectivity index (χ3n) is 2.68. The highest BCUT2D eigenvalue weighted by molar-refractivity contribution is 5.93. The molecule has 0 heterocycles. The SMILES string of the molecule is CC(C)(C)ONC(=O)c1cc(F)cc(F)c1.O=C(O)c1cc(F)cc(F)c1. The minimum Gasteiger partial charge on any atom is -0.478 e. The van der Waals surface area contributed by atoms with Crippen LogP contribution in [0, 0.1) is 23.3 Å². The van der Waals surface area contributed by atoms with Crippen LogP contribution in [0.5, 0.6) is 0 Å². The zero-order valence-electron chi connectivity index (χ0n) is 14.6. The lowest BCUT2D eigenvalue weighted by atomic mass is 10.2. The van der Waals surface area contributed by atoms with Crippen molar-refractivity contribution in [3.05, 3.63) is 70.8 Å². The van der Waals surface area contributed by atoms with Crippen LogP contribution >= 0.6 is 0 Å². The van der Waals surface area contributed by atoms with Crippen molar-refractivity contribution in [3.8, 4) is 0 Å². The van der Waals surface area contributed by atoms with Gasteiger partial charge < -0.3 is 5.11 Å². The van der Waals surface area contributed by atoms with Crippen LogP contribution in [0.15, 0.2) is 36.4 Å². The fraction of sp³-hybridized carbons (Fsp3) is 0.222. The van der Waals surface area contributed by atoms with Crippen LogP contribution in [0.4, 0.5) is 17.6 Å². The average molecular weight is 387 g/mol. The van der Waals surface area contributed by atoms with Gasteiger partial charge in [-0.25, -0.2) is 27.8 Å². The Morgan fingerprint density at radius 2 is 1.19 bits per heavy atom. The molecular weight excluding hydrogens is 370 g/mol. The molecule has 0 bridgehead atoms. The number of hydroxylamine groups is 1. The molecule has 0 saturated heterocycles. The monoisotopic (exact) mass is 387 g/mol. The number of carboxylic acids is 1. The van der Waals surface area contributed by atoms with E-state index in [9.17, 15) is 27.2 Å². The molecule has 0 aromatic heterocycles. The van der Waals surface area contributed by atoms with Crippen LogP contribution in [0.2, 0.25) is 0 Å². The number of rotatable bonds is 3. The molecule has 0 aliphatic carbocycles. The predicted molar refractivity (Wildman–Crippen MR) is 88.0 cm³/mol. The molecule has 146 valence electrons. The van der Waals surface area contributed by atoms with Crippen molar-refractivity contribution in [1.29, 1.82) is 0 Å². The van der Waals surface area contributed by atoms with Crippen LogP contribution in [0.1, 0.15) is 41.5 Å². The summed E-state index contributed by atoms with van der Waals surface area (Å²) in [5, 5.41) is 8.30. The van der Waals surface area contributed by atoms with E-state index in [1.807, 2.05) is 0 Å². The van der Waals surface area contributed by atoms with E-state index < -0.39 is 40.7 Å². The number of carbonyl (C=O) groups excluding carboxylic acids is 1. The summed E-state index contributed by atoms with van der Waals surface area (Å²) >= 11 is 0. The molecule has 0 spiro atoms. The zero-order valence-corrected chi connectivity index (χ0v) is 14.6. The summed E-state index contributed by atoms with van der Waals surface area (Å²) in [6.45, 7) is 5.21. The fourth-order valence-corrected chi connectivity index (χ4v) is 1.62. The van der Waals surface area contributed by atoms with Gasteiger partial charge in [0.15, 0.2) is 0 Å². The second kappa shape index (κ2) is 9.13. The third kappa shape index (κ3) is 8.32. The van der Waals surface area contributed by atoms with Crippen LogP contribution < -0.4 is 5.48 Å². The van der Waals surface area contributed by atoms with Crippen molar-refractivity contribution in [2.24, 2.45) is 0 Å². The van der Waals surface area contributed by atoms with Crippen molar-refractivity contribution in [2.45, 2.75) is 26.4 Å². The maximum Gasteiger partial charge on any atom is 0.335 e. The van der Waals surface area contributed by atoms with Gasteiger partial charge in [-0.3, -0.25) is 9.63 Å². The maximum absolute atomic E-state index is 12.8. The molecule has 2 aromatic rings. The van der Waals surface area contributed by atoms with Crippen molar-refractivity contribution in [1.82, 2.24) is 5.48 Å². The lowest BCUT2D eigenvalue weighted by Crippen LogP contribution is -2.33. The molecule has 5 nitrogen and oxygen atoms in total. The minimum atomic E-state index is -1.34. The van der Waals surface area contributed by atoms with E-state index in [1.165, 1.54) is 0 Å². The van der Waals surface area contributed by atoms with E-state index in [4.69, 9.17) is 9.94 Å². The van der Waals surface area contributed by atoms with Gasteiger partial charge in [0.05, 0.1) is 11.2 Å². The van der Waals surface area contributed by atoms with Crippen LogP contribution in [-0.2, 0) is 4.84 Å². The Kier molecular flexibility index (Phi) is 7.47. The number of benzene rings is 2. The molecule has 1 amide bonds. The molecule has 0 fully saturated rings. The number of aromatic carboxylic acids is 1.